The van der Waals surface area contributed by atoms with Gasteiger partial charge in [-0.3, -0.25) is 0 Å². The van der Waals surface area contributed by atoms with E-state index in [2.05, 4.69) is 25.2 Å². The van der Waals surface area contributed by atoms with Crippen molar-refractivity contribution in [3.8, 4) is 0 Å². The van der Waals surface area contributed by atoms with Crippen LogP contribution in [-0.4, -0.2) is 51.9 Å². The lowest BCUT2D eigenvalue weighted by atomic mass is 10.2. The first-order valence-corrected chi connectivity index (χ1v) is 5.94. The van der Waals surface area contributed by atoms with E-state index in [1.54, 1.807) is 14.0 Å². The molecule has 2 rings (SSSR count). The van der Waals surface area contributed by atoms with Crippen LogP contribution in [0.15, 0.2) is 4.52 Å². The average molecular weight is 281 g/mol. The molecule has 2 aromatic rings. The van der Waals surface area contributed by atoms with Gasteiger partial charge in [0.05, 0.1) is 19.4 Å². The van der Waals surface area contributed by atoms with Crippen molar-refractivity contribution in [2.75, 3.05) is 20.8 Å². The first kappa shape index (κ1) is 14.1. The molecule has 0 saturated carbocycles. The Balaban J connectivity index is 2.27. The monoisotopic (exact) mass is 281 g/mol. The Labute approximate surface area is 114 Å². The number of ether oxygens (including phenoxy) is 2. The topological polar surface area (TPSA) is 105 Å². The van der Waals surface area contributed by atoms with Gasteiger partial charge in [-0.2, -0.15) is 4.98 Å². The summed E-state index contributed by atoms with van der Waals surface area (Å²) in [6.45, 7) is 2.39. The molecule has 0 aliphatic heterocycles. The quantitative estimate of drug-likeness (QED) is 0.681. The Morgan fingerprint density at radius 2 is 2.20 bits per heavy atom. The summed E-state index contributed by atoms with van der Waals surface area (Å²) in [6.07, 6.45) is 0.473. The third-order valence-electron chi connectivity index (χ3n) is 2.61. The normalized spacial score (nSPS) is 10.8. The highest BCUT2D eigenvalue weighted by molar-refractivity contribution is 5.88. The summed E-state index contributed by atoms with van der Waals surface area (Å²) in [5.41, 5.74) is 0.773. The van der Waals surface area contributed by atoms with Gasteiger partial charge in [0, 0.05) is 13.5 Å². The van der Waals surface area contributed by atoms with Crippen molar-refractivity contribution in [1.82, 2.24) is 25.1 Å². The summed E-state index contributed by atoms with van der Waals surface area (Å²) in [6, 6.07) is 0. The smallest absolute Gasteiger partial charge is 0.360 e. The zero-order chi connectivity index (χ0) is 14.5. The maximum absolute atomic E-state index is 11.6. The van der Waals surface area contributed by atoms with Crippen molar-refractivity contribution in [1.29, 1.82) is 0 Å². The minimum atomic E-state index is -0.538. The number of rotatable bonds is 6. The average Bonchev–Trinajstić information content (AvgIpc) is 3.03. The zero-order valence-corrected chi connectivity index (χ0v) is 11.5. The van der Waals surface area contributed by atoms with Gasteiger partial charge < -0.3 is 14.0 Å². The molecule has 0 spiro atoms. The lowest BCUT2D eigenvalue weighted by molar-refractivity contribution is 0.0592. The van der Waals surface area contributed by atoms with Crippen molar-refractivity contribution >= 4 is 5.97 Å². The Bertz CT molecular complexity index is 591. The van der Waals surface area contributed by atoms with Crippen LogP contribution in [0.1, 0.15) is 27.9 Å². The molecule has 0 aliphatic carbocycles. The van der Waals surface area contributed by atoms with Crippen LogP contribution in [0.4, 0.5) is 0 Å². The van der Waals surface area contributed by atoms with Gasteiger partial charge in [-0.1, -0.05) is 10.4 Å². The maximum Gasteiger partial charge on any atom is 0.360 e. The molecule has 20 heavy (non-hydrogen) atoms. The highest BCUT2D eigenvalue weighted by atomic mass is 16.5. The summed E-state index contributed by atoms with van der Waals surface area (Å²) in [7, 11) is 2.87. The number of hydrogen-bond donors (Lipinski definition) is 0. The molecule has 9 nitrogen and oxygen atoms in total. The van der Waals surface area contributed by atoms with E-state index < -0.39 is 5.97 Å². The fourth-order valence-electron chi connectivity index (χ4n) is 1.69. The van der Waals surface area contributed by atoms with Crippen LogP contribution in [0.3, 0.4) is 0 Å². The number of carbonyl (C=O) groups excluding carboxylic acids is 1. The van der Waals surface area contributed by atoms with Gasteiger partial charge in [0.2, 0.25) is 5.89 Å². The van der Waals surface area contributed by atoms with Crippen molar-refractivity contribution in [3.05, 3.63) is 23.1 Å². The Morgan fingerprint density at radius 3 is 2.80 bits per heavy atom. The number of methoxy groups -OCH3 is 2. The molecule has 0 aliphatic rings. The van der Waals surface area contributed by atoms with E-state index in [-0.39, 0.29) is 12.2 Å². The molecule has 0 saturated heterocycles. The van der Waals surface area contributed by atoms with Gasteiger partial charge in [-0.25, -0.2) is 9.48 Å². The molecule has 0 aromatic carbocycles. The molecule has 0 atom stereocenters. The minimum absolute atomic E-state index is 0.167. The van der Waals surface area contributed by atoms with Crippen molar-refractivity contribution in [2.45, 2.75) is 19.9 Å². The molecule has 2 aromatic heterocycles. The van der Waals surface area contributed by atoms with Crippen molar-refractivity contribution in [3.63, 3.8) is 0 Å². The van der Waals surface area contributed by atoms with Crippen LogP contribution in [0.2, 0.25) is 0 Å². The maximum atomic E-state index is 11.6. The second kappa shape index (κ2) is 6.24. The van der Waals surface area contributed by atoms with Gasteiger partial charge in [-0.05, 0) is 6.92 Å². The molecule has 0 unspecified atom stereocenters. The molecule has 108 valence electrons. The second-order valence-electron chi connectivity index (χ2n) is 4.01. The third kappa shape index (κ3) is 2.99. The summed E-state index contributed by atoms with van der Waals surface area (Å²) < 4.78 is 16.3. The van der Waals surface area contributed by atoms with Crippen LogP contribution in [0, 0.1) is 6.92 Å². The first-order chi connectivity index (χ1) is 9.65. The Kier molecular flexibility index (Phi) is 4.41. The number of esters is 1. The van der Waals surface area contributed by atoms with E-state index in [0.717, 1.165) is 0 Å². The Morgan fingerprint density at radius 1 is 1.40 bits per heavy atom. The van der Waals surface area contributed by atoms with Gasteiger partial charge >= 0.3 is 5.97 Å². The van der Waals surface area contributed by atoms with Crippen LogP contribution in [0.5, 0.6) is 0 Å². The molecule has 0 fully saturated rings. The number of aromatic nitrogens is 5. The summed E-state index contributed by atoms with van der Waals surface area (Å²) in [5.74, 6) is 0.387. The molecule has 9 heteroatoms. The third-order valence-corrected chi connectivity index (χ3v) is 2.61. The lowest BCUT2D eigenvalue weighted by Gasteiger charge is -2.04. The lowest BCUT2D eigenvalue weighted by Crippen LogP contribution is -2.12. The molecule has 0 bridgehead atoms. The van der Waals surface area contributed by atoms with E-state index in [1.807, 2.05) is 0 Å². The Hall–Kier alpha value is -2.29. The van der Waals surface area contributed by atoms with E-state index in [1.165, 1.54) is 11.8 Å². The largest absolute Gasteiger partial charge is 0.464 e. The van der Waals surface area contributed by atoms with Crippen molar-refractivity contribution < 1.29 is 18.8 Å². The molecule has 0 N–H and O–H groups in total. The van der Waals surface area contributed by atoms with E-state index >= 15 is 0 Å². The minimum Gasteiger partial charge on any atom is -0.464 e. The molecular weight excluding hydrogens is 266 g/mol. The summed E-state index contributed by atoms with van der Waals surface area (Å²) in [4.78, 5) is 15.7. The SMILES string of the molecule is COCCc1c(C(=O)OC)nnn1Cc1nc(C)no1. The van der Waals surface area contributed by atoms with E-state index in [0.29, 0.717) is 30.4 Å². The number of carbonyl (C=O) groups is 1. The van der Waals surface area contributed by atoms with Gasteiger partial charge in [0.25, 0.3) is 0 Å². The van der Waals surface area contributed by atoms with Crippen LogP contribution in [-0.2, 0) is 22.4 Å². The molecule has 2 heterocycles. The van der Waals surface area contributed by atoms with Crippen LogP contribution < -0.4 is 0 Å². The first-order valence-electron chi connectivity index (χ1n) is 5.94. The number of aryl methyl sites for hydroxylation is 1. The van der Waals surface area contributed by atoms with E-state index in [9.17, 15) is 4.79 Å². The number of hydrogen-bond acceptors (Lipinski definition) is 8. The number of nitrogens with zero attached hydrogens (tertiary/aromatic N) is 5. The summed E-state index contributed by atoms with van der Waals surface area (Å²) >= 11 is 0. The second-order valence-corrected chi connectivity index (χ2v) is 4.01. The van der Waals surface area contributed by atoms with Gasteiger partial charge in [-0.15, -0.1) is 5.10 Å². The fourth-order valence-corrected chi connectivity index (χ4v) is 1.69. The standard InChI is InChI=1S/C11H15N5O4/c1-7-12-9(20-14-7)6-16-8(4-5-18-2)10(13-15-16)11(17)19-3/h4-6H2,1-3H3. The van der Waals surface area contributed by atoms with Gasteiger partial charge in [0.1, 0.15) is 6.54 Å². The van der Waals surface area contributed by atoms with E-state index in [4.69, 9.17) is 9.26 Å². The molecule has 0 amide bonds. The highest BCUT2D eigenvalue weighted by Crippen LogP contribution is 2.10. The highest BCUT2D eigenvalue weighted by Gasteiger charge is 2.21. The summed E-state index contributed by atoms with van der Waals surface area (Å²) in [5, 5.41) is 11.5. The molecule has 0 radical (unpaired) electrons. The predicted octanol–water partition coefficient (Wildman–Crippen LogP) is -0.00668. The molecular formula is C11H15N5O4. The fraction of sp³-hybridized carbons (Fsp3) is 0.545. The van der Waals surface area contributed by atoms with Gasteiger partial charge in [0.15, 0.2) is 11.5 Å². The van der Waals surface area contributed by atoms with Crippen LogP contribution in [0.25, 0.3) is 0 Å². The predicted molar refractivity (Wildman–Crippen MR) is 65.1 cm³/mol. The zero-order valence-electron chi connectivity index (χ0n) is 11.5. The van der Waals surface area contributed by atoms with Crippen LogP contribution >= 0.6 is 0 Å². The van der Waals surface area contributed by atoms with Crippen molar-refractivity contribution in [2.24, 2.45) is 0 Å².